The van der Waals surface area contributed by atoms with Gasteiger partial charge in [-0.15, -0.1) is 11.3 Å². The molecule has 4 heteroatoms. The maximum Gasteiger partial charge on any atom is 0.165 e. The molecule has 51 heavy (non-hydrogen) atoms. The summed E-state index contributed by atoms with van der Waals surface area (Å²) in [5, 5.41) is 7.40. The Kier molecular flexibility index (Phi) is 7.00. The van der Waals surface area contributed by atoms with Crippen LogP contribution < -0.4 is 0 Å². The van der Waals surface area contributed by atoms with E-state index in [4.69, 9.17) is 15.0 Å². The zero-order valence-electron chi connectivity index (χ0n) is 27.5. The van der Waals surface area contributed by atoms with Gasteiger partial charge in [-0.1, -0.05) is 164 Å². The van der Waals surface area contributed by atoms with Crippen LogP contribution in [0.25, 0.3) is 98.1 Å². The highest BCUT2D eigenvalue weighted by atomic mass is 32.1. The van der Waals surface area contributed by atoms with Gasteiger partial charge < -0.3 is 0 Å². The molecule has 0 saturated heterocycles. The molecule has 0 bridgehead atoms. The smallest absolute Gasteiger partial charge is 0.165 e. The van der Waals surface area contributed by atoms with E-state index in [1.54, 1.807) is 11.3 Å². The molecule has 0 aliphatic carbocycles. The minimum atomic E-state index is 0.649. The molecule has 0 saturated carbocycles. The number of aromatic nitrogens is 3. The molecule has 0 atom stereocenters. The van der Waals surface area contributed by atoms with Crippen LogP contribution in [0.2, 0.25) is 0 Å². The second-order valence-corrected chi connectivity index (χ2v) is 13.8. The quantitative estimate of drug-likeness (QED) is 0.183. The molecule has 0 aliphatic rings. The minimum absolute atomic E-state index is 0.649. The molecule has 0 spiro atoms. The van der Waals surface area contributed by atoms with E-state index in [2.05, 4.69) is 176 Å². The summed E-state index contributed by atoms with van der Waals surface area (Å²) in [6, 6.07) is 62.2. The van der Waals surface area contributed by atoms with Crippen molar-refractivity contribution in [3.05, 3.63) is 176 Å². The Bertz CT molecular complexity index is 2760. The predicted molar refractivity (Wildman–Crippen MR) is 215 cm³/mol. The Labute approximate surface area is 299 Å². The molecule has 0 radical (unpaired) electrons. The maximum atomic E-state index is 5.16. The zero-order valence-corrected chi connectivity index (χ0v) is 28.3. The van der Waals surface area contributed by atoms with Crippen LogP contribution in [-0.4, -0.2) is 15.0 Å². The van der Waals surface area contributed by atoms with E-state index in [0.29, 0.717) is 17.5 Å². The molecule has 0 unspecified atom stereocenters. The van der Waals surface area contributed by atoms with Gasteiger partial charge in [0.25, 0.3) is 0 Å². The molecular formula is C47H29N3S. The van der Waals surface area contributed by atoms with Crippen LogP contribution in [0.15, 0.2) is 176 Å². The first-order chi connectivity index (χ1) is 25.3. The average Bonchev–Trinajstić information content (AvgIpc) is 3.59. The number of hydrogen-bond donors (Lipinski definition) is 0. The second kappa shape index (κ2) is 12.1. The van der Waals surface area contributed by atoms with E-state index in [1.165, 1.54) is 52.8 Å². The fraction of sp³-hybridized carbons (Fsp3) is 0. The van der Waals surface area contributed by atoms with Gasteiger partial charge in [0.15, 0.2) is 17.5 Å². The minimum Gasteiger partial charge on any atom is -0.208 e. The van der Waals surface area contributed by atoms with Crippen molar-refractivity contribution in [1.29, 1.82) is 0 Å². The van der Waals surface area contributed by atoms with Gasteiger partial charge in [0.2, 0.25) is 0 Å². The van der Waals surface area contributed by atoms with E-state index >= 15 is 0 Å². The van der Waals surface area contributed by atoms with E-state index in [9.17, 15) is 0 Å². The van der Waals surface area contributed by atoms with Crippen molar-refractivity contribution in [3.8, 4) is 56.4 Å². The van der Waals surface area contributed by atoms with Gasteiger partial charge in [-0.3, -0.25) is 0 Å². The largest absolute Gasteiger partial charge is 0.208 e. The lowest BCUT2D eigenvalue weighted by molar-refractivity contribution is 1.08. The molecule has 8 aromatic carbocycles. The summed E-state index contributed by atoms with van der Waals surface area (Å²) >= 11 is 1.79. The number of fused-ring (bicyclic) bond motifs is 5. The van der Waals surface area contributed by atoms with E-state index in [1.807, 2.05) is 0 Å². The summed E-state index contributed by atoms with van der Waals surface area (Å²) < 4.78 is 2.43. The Morgan fingerprint density at radius 1 is 0.294 bits per heavy atom. The standard InChI is InChI=1S/C47H29N3S/c1-3-14-36-30(10-1)12-7-17-38(36)32-22-26-34(27-23-32)45-48-46(35-28-24-33(25-29-35)39-18-8-13-31-11-2-4-15-37(31)39)50-47(49-45)42-20-9-19-41-40-16-5-6-21-43(40)51-44(41)42/h1-29H. The summed E-state index contributed by atoms with van der Waals surface area (Å²) in [4.78, 5) is 15.4. The van der Waals surface area contributed by atoms with Gasteiger partial charge in [0.1, 0.15) is 0 Å². The number of rotatable bonds is 5. The van der Waals surface area contributed by atoms with Gasteiger partial charge in [0.05, 0.1) is 0 Å². The summed E-state index contributed by atoms with van der Waals surface area (Å²) in [6.45, 7) is 0. The van der Waals surface area contributed by atoms with Crippen molar-refractivity contribution in [1.82, 2.24) is 15.0 Å². The molecule has 2 heterocycles. The number of nitrogens with zero attached hydrogens (tertiary/aromatic N) is 3. The van der Waals surface area contributed by atoms with E-state index in [-0.39, 0.29) is 0 Å². The van der Waals surface area contributed by atoms with Gasteiger partial charge in [-0.05, 0) is 55.9 Å². The fourth-order valence-electron chi connectivity index (χ4n) is 7.23. The van der Waals surface area contributed by atoms with E-state index in [0.717, 1.165) is 27.8 Å². The summed E-state index contributed by atoms with van der Waals surface area (Å²) in [5.41, 5.74) is 7.63. The van der Waals surface area contributed by atoms with Crippen molar-refractivity contribution >= 4 is 53.1 Å². The van der Waals surface area contributed by atoms with Crippen LogP contribution in [0.3, 0.4) is 0 Å². The Morgan fingerprint density at radius 2 is 0.706 bits per heavy atom. The summed E-state index contributed by atoms with van der Waals surface area (Å²) in [7, 11) is 0. The van der Waals surface area contributed by atoms with Crippen LogP contribution >= 0.6 is 11.3 Å². The van der Waals surface area contributed by atoms with E-state index < -0.39 is 0 Å². The number of thiophene rings is 1. The lowest BCUT2D eigenvalue weighted by Crippen LogP contribution is -2.00. The van der Waals surface area contributed by atoms with Crippen molar-refractivity contribution in [2.24, 2.45) is 0 Å². The van der Waals surface area contributed by atoms with Gasteiger partial charge in [0, 0.05) is 36.9 Å². The van der Waals surface area contributed by atoms with Crippen molar-refractivity contribution in [2.45, 2.75) is 0 Å². The molecule has 0 amide bonds. The molecule has 238 valence electrons. The normalized spacial score (nSPS) is 11.5. The summed E-state index contributed by atoms with van der Waals surface area (Å²) in [6.07, 6.45) is 0. The maximum absolute atomic E-state index is 5.16. The number of benzene rings is 8. The summed E-state index contributed by atoms with van der Waals surface area (Å²) in [5.74, 6) is 1.97. The SMILES string of the molecule is c1ccc2c(-c3ccc(-c4nc(-c5ccc(-c6cccc7ccccc67)cc5)nc(-c5cccc6c5sc5ccccc56)n4)cc3)cccc2c1. The van der Waals surface area contributed by atoms with Gasteiger partial charge in [-0.2, -0.15) is 0 Å². The van der Waals surface area contributed by atoms with Crippen molar-refractivity contribution < 1.29 is 0 Å². The number of hydrogen-bond acceptors (Lipinski definition) is 4. The highest BCUT2D eigenvalue weighted by molar-refractivity contribution is 7.26. The molecule has 0 aliphatic heterocycles. The lowest BCUT2D eigenvalue weighted by atomic mass is 9.97. The molecular weight excluding hydrogens is 639 g/mol. The molecule has 0 N–H and O–H groups in total. The predicted octanol–water partition coefficient (Wildman–Crippen LogP) is 12.9. The third-order valence-corrected chi connectivity index (χ3v) is 11.0. The fourth-order valence-corrected chi connectivity index (χ4v) is 8.44. The third kappa shape index (κ3) is 5.16. The Morgan fingerprint density at radius 3 is 1.29 bits per heavy atom. The Hall–Kier alpha value is -6.49. The molecule has 2 aromatic heterocycles. The Balaban J connectivity index is 1.11. The first-order valence-electron chi connectivity index (χ1n) is 17.1. The van der Waals surface area contributed by atoms with Crippen LogP contribution in [0.1, 0.15) is 0 Å². The highest BCUT2D eigenvalue weighted by Gasteiger charge is 2.17. The molecule has 10 aromatic rings. The average molecular weight is 668 g/mol. The van der Waals surface area contributed by atoms with Gasteiger partial charge >= 0.3 is 0 Å². The second-order valence-electron chi connectivity index (χ2n) is 12.8. The first kappa shape index (κ1) is 29.4. The topological polar surface area (TPSA) is 38.7 Å². The highest BCUT2D eigenvalue weighted by Crippen LogP contribution is 2.40. The monoisotopic (exact) mass is 667 g/mol. The van der Waals surface area contributed by atoms with Crippen LogP contribution in [0.5, 0.6) is 0 Å². The van der Waals surface area contributed by atoms with Crippen molar-refractivity contribution in [2.75, 3.05) is 0 Å². The zero-order chi connectivity index (χ0) is 33.7. The third-order valence-electron chi connectivity index (χ3n) is 9.77. The molecule has 10 rings (SSSR count). The van der Waals surface area contributed by atoms with Gasteiger partial charge in [-0.25, -0.2) is 15.0 Å². The first-order valence-corrected chi connectivity index (χ1v) is 17.9. The lowest BCUT2D eigenvalue weighted by Gasteiger charge is -2.11. The van der Waals surface area contributed by atoms with Crippen LogP contribution in [0.4, 0.5) is 0 Å². The van der Waals surface area contributed by atoms with Crippen molar-refractivity contribution in [3.63, 3.8) is 0 Å². The molecule has 0 fully saturated rings. The van der Waals surface area contributed by atoms with Crippen LogP contribution in [-0.2, 0) is 0 Å². The molecule has 3 nitrogen and oxygen atoms in total. The van der Waals surface area contributed by atoms with Crippen LogP contribution in [0, 0.1) is 0 Å².